The van der Waals surface area contributed by atoms with E-state index in [-0.39, 0.29) is 12.5 Å². The summed E-state index contributed by atoms with van der Waals surface area (Å²) >= 11 is 0. The molecule has 1 aromatic heterocycles. The fourth-order valence-corrected chi connectivity index (χ4v) is 1.85. The summed E-state index contributed by atoms with van der Waals surface area (Å²) < 4.78 is 1.67. The maximum Gasteiger partial charge on any atom is 0.319 e. The normalized spacial score (nSPS) is 10.1. The zero-order valence-electron chi connectivity index (χ0n) is 11.5. The molecule has 3 N–H and O–H groups in total. The van der Waals surface area contributed by atoms with E-state index < -0.39 is 5.97 Å². The number of urea groups is 1. The summed E-state index contributed by atoms with van der Waals surface area (Å²) in [7, 11) is 1.80. The number of rotatable bonds is 5. The highest BCUT2D eigenvalue weighted by atomic mass is 16.4. The molecular weight excluding hydrogens is 272 g/mol. The number of aryl methyl sites for hydroxylation is 1. The number of nitrogens with one attached hydrogen (secondary N) is 2. The predicted molar refractivity (Wildman–Crippen MR) is 76.8 cm³/mol. The summed E-state index contributed by atoms with van der Waals surface area (Å²) in [6.07, 6.45) is 1.58. The number of aromatic nitrogens is 2. The van der Waals surface area contributed by atoms with Gasteiger partial charge in [0, 0.05) is 18.9 Å². The van der Waals surface area contributed by atoms with Crippen LogP contribution in [-0.2, 0) is 24.8 Å². The molecule has 110 valence electrons. The average molecular weight is 288 g/mol. The second kappa shape index (κ2) is 6.56. The van der Waals surface area contributed by atoms with Crippen LogP contribution in [0, 0.1) is 0 Å². The molecule has 21 heavy (non-hydrogen) atoms. The Balaban J connectivity index is 1.90. The SMILES string of the molecule is Cn1nccc1CNC(=O)Nc1cccc(CC(=O)O)c1. The lowest BCUT2D eigenvalue weighted by molar-refractivity contribution is -0.136. The molecule has 0 fully saturated rings. The van der Waals surface area contributed by atoms with E-state index in [2.05, 4.69) is 15.7 Å². The van der Waals surface area contributed by atoms with Gasteiger partial charge in [-0.3, -0.25) is 9.48 Å². The smallest absolute Gasteiger partial charge is 0.319 e. The van der Waals surface area contributed by atoms with Gasteiger partial charge in [-0.25, -0.2) is 4.79 Å². The Hall–Kier alpha value is -2.83. The Kier molecular flexibility index (Phi) is 4.55. The number of benzene rings is 1. The first kappa shape index (κ1) is 14.6. The van der Waals surface area contributed by atoms with Crippen molar-refractivity contribution in [1.82, 2.24) is 15.1 Å². The molecule has 1 aromatic carbocycles. The number of amides is 2. The van der Waals surface area contributed by atoms with E-state index in [1.165, 1.54) is 0 Å². The molecule has 2 amide bonds. The van der Waals surface area contributed by atoms with Crippen LogP contribution in [0.3, 0.4) is 0 Å². The molecule has 0 atom stereocenters. The monoisotopic (exact) mass is 288 g/mol. The molecule has 0 saturated carbocycles. The van der Waals surface area contributed by atoms with Crippen LogP contribution in [0.15, 0.2) is 36.5 Å². The van der Waals surface area contributed by atoms with Gasteiger partial charge >= 0.3 is 12.0 Å². The molecule has 0 aliphatic carbocycles. The van der Waals surface area contributed by atoms with Crippen LogP contribution < -0.4 is 10.6 Å². The van der Waals surface area contributed by atoms with Crippen LogP contribution in [0.5, 0.6) is 0 Å². The van der Waals surface area contributed by atoms with Gasteiger partial charge in [-0.2, -0.15) is 5.10 Å². The first-order valence-electron chi connectivity index (χ1n) is 6.37. The van der Waals surface area contributed by atoms with E-state index in [0.717, 1.165) is 5.69 Å². The molecular formula is C14H16N4O3. The van der Waals surface area contributed by atoms with Crippen molar-refractivity contribution >= 4 is 17.7 Å². The lowest BCUT2D eigenvalue weighted by Crippen LogP contribution is -2.29. The number of carbonyl (C=O) groups excluding carboxylic acids is 1. The molecule has 0 unspecified atom stereocenters. The van der Waals surface area contributed by atoms with Gasteiger partial charge in [-0.15, -0.1) is 0 Å². The van der Waals surface area contributed by atoms with Crippen molar-refractivity contribution in [3.8, 4) is 0 Å². The molecule has 7 heteroatoms. The minimum Gasteiger partial charge on any atom is -0.481 e. The van der Waals surface area contributed by atoms with Crippen LogP contribution in [0.25, 0.3) is 0 Å². The Labute approximate surface area is 121 Å². The Morgan fingerprint density at radius 2 is 2.14 bits per heavy atom. The number of anilines is 1. The zero-order valence-corrected chi connectivity index (χ0v) is 11.5. The molecule has 1 heterocycles. The van der Waals surface area contributed by atoms with Gasteiger partial charge < -0.3 is 15.7 Å². The number of hydrogen-bond donors (Lipinski definition) is 3. The number of carbonyl (C=O) groups is 2. The maximum absolute atomic E-state index is 11.8. The van der Waals surface area contributed by atoms with Crippen molar-refractivity contribution < 1.29 is 14.7 Å². The third kappa shape index (κ3) is 4.34. The van der Waals surface area contributed by atoms with Gasteiger partial charge in [0.1, 0.15) is 0 Å². The lowest BCUT2D eigenvalue weighted by Gasteiger charge is -2.08. The summed E-state index contributed by atoms with van der Waals surface area (Å²) in [6.45, 7) is 0.358. The number of nitrogens with zero attached hydrogens (tertiary/aromatic N) is 2. The van der Waals surface area contributed by atoms with Crippen molar-refractivity contribution in [3.63, 3.8) is 0 Å². The Morgan fingerprint density at radius 3 is 2.81 bits per heavy atom. The molecule has 0 bridgehead atoms. The van der Waals surface area contributed by atoms with Crippen LogP contribution in [0.4, 0.5) is 10.5 Å². The number of carboxylic acids is 1. The van der Waals surface area contributed by atoms with E-state index in [1.807, 2.05) is 6.07 Å². The zero-order chi connectivity index (χ0) is 15.2. The molecule has 2 aromatic rings. The molecule has 0 aliphatic rings. The standard InChI is InChI=1S/C14H16N4O3/c1-18-12(5-6-16-18)9-15-14(21)17-11-4-2-3-10(7-11)8-13(19)20/h2-7H,8-9H2,1H3,(H,19,20)(H2,15,17,21). The van der Waals surface area contributed by atoms with E-state index in [4.69, 9.17) is 5.11 Å². The van der Waals surface area contributed by atoms with E-state index in [9.17, 15) is 9.59 Å². The Morgan fingerprint density at radius 1 is 1.33 bits per heavy atom. The number of hydrogen-bond acceptors (Lipinski definition) is 3. The van der Waals surface area contributed by atoms with Gasteiger partial charge in [0.15, 0.2) is 0 Å². The van der Waals surface area contributed by atoms with Crippen LogP contribution in [0.1, 0.15) is 11.3 Å². The predicted octanol–water partition coefficient (Wildman–Crippen LogP) is 1.37. The summed E-state index contributed by atoms with van der Waals surface area (Å²) in [5.74, 6) is -0.909. The van der Waals surface area contributed by atoms with Crippen molar-refractivity contribution in [2.75, 3.05) is 5.32 Å². The molecule has 0 saturated heterocycles. The first-order valence-corrected chi connectivity index (χ1v) is 6.37. The molecule has 0 radical (unpaired) electrons. The summed E-state index contributed by atoms with van der Waals surface area (Å²) in [5.41, 5.74) is 2.06. The Bertz CT molecular complexity index is 651. The van der Waals surface area contributed by atoms with Crippen LogP contribution >= 0.6 is 0 Å². The fourth-order valence-electron chi connectivity index (χ4n) is 1.85. The third-order valence-corrected chi connectivity index (χ3v) is 2.89. The van der Waals surface area contributed by atoms with Gasteiger partial charge in [0.2, 0.25) is 0 Å². The average Bonchev–Trinajstić information content (AvgIpc) is 2.81. The largest absolute Gasteiger partial charge is 0.481 e. The van der Waals surface area contributed by atoms with Gasteiger partial charge in [-0.05, 0) is 23.8 Å². The fraction of sp³-hybridized carbons (Fsp3) is 0.214. The van der Waals surface area contributed by atoms with E-state index >= 15 is 0 Å². The molecule has 7 nitrogen and oxygen atoms in total. The lowest BCUT2D eigenvalue weighted by atomic mass is 10.1. The maximum atomic E-state index is 11.8. The van der Waals surface area contributed by atoms with Crippen molar-refractivity contribution in [2.45, 2.75) is 13.0 Å². The van der Waals surface area contributed by atoms with Crippen LogP contribution in [-0.4, -0.2) is 26.9 Å². The minimum atomic E-state index is -0.909. The van der Waals surface area contributed by atoms with Crippen molar-refractivity contribution in [3.05, 3.63) is 47.8 Å². The van der Waals surface area contributed by atoms with Crippen molar-refractivity contribution in [2.24, 2.45) is 7.05 Å². The third-order valence-electron chi connectivity index (χ3n) is 2.89. The minimum absolute atomic E-state index is 0.0772. The van der Waals surface area contributed by atoms with E-state index in [0.29, 0.717) is 17.8 Å². The highest BCUT2D eigenvalue weighted by Gasteiger charge is 2.05. The van der Waals surface area contributed by atoms with Gasteiger partial charge in [0.25, 0.3) is 0 Å². The highest BCUT2D eigenvalue weighted by Crippen LogP contribution is 2.11. The molecule has 2 rings (SSSR count). The number of aliphatic carboxylic acids is 1. The second-order valence-electron chi connectivity index (χ2n) is 4.52. The van der Waals surface area contributed by atoms with Gasteiger partial charge in [-0.1, -0.05) is 12.1 Å². The first-order chi connectivity index (χ1) is 10.0. The highest BCUT2D eigenvalue weighted by molar-refractivity contribution is 5.89. The topological polar surface area (TPSA) is 96.3 Å². The second-order valence-corrected chi connectivity index (χ2v) is 4.52. The van der Waals surface area contributed by atoms with Gasteiger partial charge in [0.05, 0.1) is 18.7 Å². The summed E-state index contributed by atoms with van der Waals surface area (Å²) in [6, 6.07) is 8.20. The summed E-state index contributed by atoms with van der Waals surface area (Å²) in [5, 5.41) is 18.1. The van der Waals surface area contributed by atoms with Crippen molar-refractivity contribution in [1.29, 1.82) is 0 Å². The quantitative estimate of drug-likeness (QED) is 0.774. The van der Waals surface area contributed by atoms with E-state index in [1.54, 1.807) is 42.2 Å². The number of carboxylic acid groups (broad SMARTS) is 1. The molecule has 0 spiro atoms. The molecule has 0 aliphatic heterocycles. The summed E-state index contributed by atoms with van der Waals surface area (Å²) in [4.78, 5) is 22.4. The van der Waals surface area contributed by atoms with Crippen LogP contribution in [0.2, 0.25) is 0 Å².